The lowest BCUT2D eigenvalue weighted by atomic mass is 10.1. The van der Waals surface area contributed by atoms with Crippen molar-refractivity contribution in [3.05, 3.63) is 16.8 Å². The highest BCUT2D eigenvalue weighted by atomic mass is 15.3. The third-order valence-corrected chi connectivity index (χ3v) is 4.59. The largest absolute Gasteiger partial charge is 0.384 e. The van der Waals surface area contributed by atoms with Crippen molar-refractivity contribution in [1.82, 2.24) is 15.1 Å². The van der Waals surface area contributed by atoms with Gasteiger partial charge in [0.05, 0.1) is 11.3 Å². The molecule has 1 aliphatic carbocycles. The van der Waals surface area contributed by atoms with Crippen molar-refractivity contribution in [3.8, 4) is 0 Å². The fourth-order valence-electron chi connectivity index (χ4n) is 2.95. The van der Waals surface area contributed by atoms with Gasteiger partial charge in [-0.2, -0.15) is 5.10 Å². The van der Waals surface area contributed by atoms with Crippen molar-refractivity contribution in [2.75, 3.05) is 37.6 Å². The van der Waals surface area contributed by atoms with E-state index in [4.69, 9.17) is 11.1 Å². The van der Waals surface area contributed by atoms with Gasteiger partial charge in [0, 0.05) is 32.7 Å². The van der Waals surface area contributed by atoms with Crippen LogP contribution in [0, 0.1) is 25.2 Å². The highest BCUT2D eigenvalue weighted by molar-refractivity contribution is 6.01. The van der Waals surface area contributed by atoms with Gasteiger partial charge in [-0.3, -0.25) is 10.3 Å². The summed E-state index contributed by atoms with van der Waals surface area (Å²) in [5, 5.41) is 16.4. The predicted molar refractivity (Wildman–Crippen MR) is 83.9 cm³/mol. The van der Waals surface area contributed by atoms with Crippen molar-refractivity contribution in [3.63, 3.8) is 0 Å². The van der Waals surface area contributed by atoms with E-state index in [1.807, 2.05) is 13.8 Å². The summed E-state index contributed by atoms with van der Waals surface area (Å²) in [6, 6.07) is 0. The molecule has 3 rings (SSSR count). The number of hydrogen-bond acceptors (Lipinski definition) is 5. The van der Waals surface area contributed by atoms with Gasteiger partial charge < -0.3 is 10.6 Å². The van der Waals surface area contributed by atoms with Crippen LogP contribution in [0.2, 0.25) is 0 Å². The third-order valence-electron chi connectivity index (χ3n) is 4.59. The highest BCUT2D eigenvalue weighted by Gasteiger charge is 2.28. The van der Waals surface area contributed by atoms with Crippen molar-refractivity contribution < 1.29 is 0 Å². The topological polar surface area (TPSA) is 82.1 Å². The first-order valence-corrected chi connectivity index (χ1v) is 7.72. The lowest BCUT2D eigenvalue weighted by Crippen LogP contribution is -2.48. The van der Waals surface area contributed by atoms with Gasteiger partial charge in [0.1, 0.15) is 5.84 Å². The second-order valence-electron chi connectivity index (χ2n) is 6.25. The van der Waals surface area contributed by atoms with Gasteiger partial charge in [0.15, 0.2) is 5.82 Å². The van der Waals surface area contributed by atoms with E-state index in [1.54, 1.807) is 0 Å². The van der Waals surface area contributed by atoms with Crippen molar-refractivity contribution in [2.45, 2.75) is 26.7 Å². The first-order valence-electron chi connectivity index (χ1n) is 7.72. The number of anilines is 1. The molecule has 0 bridgehead atoms. The molecular formula is C15H24N6. The Kier molecular flexibility index (Phi) is 3.80. The summed E-state index contributed by atoms with van der Waals surface area (Å²) in [6.45, 7) is 9.10. The third kappa shape index (κ3) is 3.00. The molecule has 3 N–H and O–H groups in total. The average Bonchev–Trinajstić information content (AvgIpc) is 3.26. The molecule has 2 fully saturated rings. The molecule has 114 valence electrons. The number of rotatable bonds is 4. The van der Waals surface area contributed by atoms with E-state index in [-0.39, 0.29) is 5.84 Å². The molecule has 0 radical (unpaired) electrons. The Morgan fingerprint density at radius 1 is 1.19 bits per heavy atom. The molecular weight excluding hydrogens is 264 g/mol. The fraction of sp³-hybridized carbons (Fsp3) is 0.667. The van der Waals surface area contributed by atoms with Crippen LogP contribution in [0.15, 0.2) is 0 Å². The van der Waals surface area contributed by atoms with Crippen molar-refractivity contribution in [2.24, 2.45) is 11.7 Å². The summed E-state index contributed by atoms with van der Waals surface area (Å²) < 4.78 is 0. The van der Waals surface area contributed by atoms with Gasteiger partial charge in [-0.05, 0) is 38.2 Å². The molecule has 2 heterocycles. The van der Waals surface area contributed by atoms with Crippen LogP contribution in [0.3, 0.4) is 0 Å². The smallest absolute Gasteiger partial charge is 0.162 e. The zero-order valence-electron chi connectivity index (χ0n) is 12.9. The van der Waals surface area contributed by atoms with Crippen LogP contribution in [-0.2, 0) is 0 Å². The molecule has 6 nitrogen and oxygen atoms in total. The van der Waals surface area contributed by atoms with E-state index in [9.17, 15) is 0 Å². The van der Waals surface area contributed by atoms with E-state index in [0.29, 0.717) is 0 Å². The van der Waals surface area contributed by atoms with Gasteiger partial charge >= 0.3 is 0 Å². The maximum atomic E-state index is 7.85. The Balaban J connectivity index is 1.75. The minimum atomic E-state index is 0.0842. The summed E-state index contributed by atoms with van der Waals surface area (Å²) in [7, 11) is 0. The number of nitrogens with one attached hydrogen (secondary N) is 1. The lowest BCUT2D eigenvalue weighted by Gasteiger charge is -2.36. The van der Waals surface area contributed by atoms with Gasteiger partial charge in [-0.1, -0.05) is 0 Å². The van der Waals surface area contributed by atoms with Crippen LogP contribution in [0.5, 0.6) is 0 Å². The van der Waals surface area contributed by atoms with Gasteiger partial charge in [-0.15, -0.1) is 5.10 Å². The average molecular weight is 288 g/mol. The molecule has 21 heavy (non-hydrogen) atoms. The minimum absolute atomic E-state index is 0.0842. The molecule has 0 unspecified atom stereocenters. The van der Waals surface area contributed by atoms with E-state index < -0.39 is 0 Å². The van der Waals surface area contributed by atoms with Crippen LogP contribution < -0.4 is 10.6 Å². The molecule has 2 aliphatic rings. The number of hydrogen-bond donors (Lipinski definition) is 2. The first kappa shape index (κ1) is 14.3. The number of piperazine rings is 1. The van der Waals surface area contributed by atoms with Crippen molar-refractivity contribution >= 4 is 11.7 Å². The number of amidine groups is 1. The van der Waals surface area contributed by atoms with E-state index in [2.05, 4.69) is 20.0 Å². The number of nitrogens with zero attached hydrogens (tertiary/aromatic N) is 4. The zero-order valence-corrected chi connectivity index (χ0v) is 12.9. The predicted octanol–water partition coefficient (Wildman–Crippen LogP) is 0.910. The standard InChI is InChI=1S/C15H24N6/c1-10-11(2)18-19-15(13(10)14(16)17)21-7-5-20(6-8-21)9-12-3-4-12/h12H,3-9H2,1-2H3,(H3,16,17). The summed E-state index contributed by atoms with van der Waals surface area (Å²) in [4.78, 5) is 4.76. The number of nitrogen functional groups attached to an aromatic ring is 1. The Morgan fingerprint density at radius 2 is 1.86 bits per heavy atom. The molecule has 6 heteroatoms. The van der Waals surface area contributed by atoms with Crippen molar-refractivity contribution in [1.29, 1.82) is 5.41 Å². The Bertz CT molecular complexity index is 543. The maximum Gasteiger partial charge on any atom is 0.162 e. The molecule has 0 atom stereocenters. The van der Waals surface area contributed by atoms with Gasteiger partial charge in [0.2, 0.25) is 0 Å². The summed E-state index contributed by atoms with van der Waals surface area (Å²) in [6.07, 6.45) is 2.80. The van der Waals surface area contributed by atoms with Crippen LogP contribution in [0.25, 0.3) is 0 Å². The second-order valence-corrected chi connectivity index (χ2v) is 6.25. The van der Waals surface area contributed by atoms with Gasteiger partial charge in [0.25, 0.3) is 0 Å². The fourth-order valence-corrected chi connectivity index (χ4v) is 2.95. The van der Waals surface area contributed by atoms with Gasteiger partial charge in [-0.25, -0.2) is 0 Å². The Hall–Kier alpha value is -1.69. The number of nitrogens with two attached hydrogens (primary N) is 1. The molecule has 1 aromatic heterocycles. The monoisotopic (exact) mass is 288 g/mol. The zero-order chi connectivity index (χ0) is 15.0. The van der Waals surface area contributed by atoms with Crippen LogP contribution in [0.1, 0.15) is 29.7 Å². The number of aryl methyl sites for hydroxylation is 1. The Morgan fingerprint density at radius 3 is 2.43 bits per heavy atom. The summed E-state index contributed by atoms with van der Waals surface area (Å²) in [5.41, 5.74) is 8.33. The maximum absolute atomic E-state index is 7.85. The van der Waals surface area contributed by atoms with Crippen LogP contribution >= 0.6 is 0 Å². The molecule has 1 aliphatic heterocycles. The quantitative estimate of drug-likeness (QED) is 0.635. The van der Waals surface area contributed by atoms with Crippen LogP contribution in [0.4, 0.5) is 5.82 Å². The SMILES string of the molecule is Cc1nnc(N2CCN(CC3CC3)CC2)c(C(=N)N)c1C. The first-order chi connectivity index (χ1) is 10.1. The van der Waals surface area contributed by atoms with E-state index in [0.717, 1.165) is 54.7 Å². The summed E-state index contributed by atoms with van der Waals surface area (Å²) >= 11 is 0. The molecule has 1 saturated heterocycles. The second kappa shape index (κ2) is 5.60. The van der Waals surface area contributed by atoms with E-state index in [1.165, 1.54) is 19.4 Å². The molecule has 0 amide bonds. The minimum Gasteiger partial charge on any atom is -0.384 e. The number of aromatic nitrogens is 2. The molecule has 1 saturated carbocycles. The molecule has 0 aromatic carbocycles. The van der Waals surface area contributed by atoms with E-state index >= 15 is 0 Å². The van der Waals surface area contributed by atoms with Crippen LogP contribution in [-0.4, -0.2) is 53.7 Å². The highest BCUT2D eigenvalue weighted by Crippen LogP contribution is 2.30. The molecule has 0 spiro atoms. The normalized spacial score (nSPS) is 19.8. The molecule has 1 aromatic rings. The Labute approximate surface area is 125 Å². The lowest BCUT2D eigenvalue weighted by molar-refractivity contribution is 0.247. The summed E-state index contributed by atoms with van der Waals surface area (Å²) in [5.74, 6) is 1.79.